The number of methoxy groups -OCH3 is 1. The van der Waals surface area contributed by atoms with Gasteiger partial charge in [-0.25, -0.2) is 15.0 Å². The second-order valence-electron chi connectivity index (χ2n) is 4.77. The maximum atomic E-state index is 5.10. The molecule has 2 aromatic heterocycles. The molecule has 0 bridgehead atoms. The van der Waals surface area contributed by atoms with E-state index in [1.807, 2.05) is 25.3 Å². The van der Waals surface area contributed by atoms with Crippen LogP contribution < -0.4 is 10.1 Å². The molecule has 3 rings (SSSR count). The molecule has 0 radical (unpaired) electrons. The van der Waals surface area contributed by atoms with E-state index in [1.54, 1.807) is 19.4 Å². The summed E-state index contributed by atoms with van der Waals surface area (Å²) in [7, 11) is 1.59. The summed E-state index contributed by atoms with van der Waals surface area (Å²) >= 11 is 0. The van der Waals surface area contributed by atoms with Crippen molar-refractivity contribution in [3.63, 3.8) is 0 Å². The Bertz CT molecular complexity index is 768. The van der Waals surface area contributed by atoms with Crippen molar-refractivity contribution < 1.29 is 4.74 Å². The van der Waals surface area contributed by atoms with Gasteiger partial charge in [0.1, 0.15) is 18.0 Å². The summed E-state index contributed by atoms with van der Waals surface area (Å²) in [5.74, 6) is 2.22. The van der Waals surface area contributed by atoms with Crippen molar-refractivity contribution in [3.8, 4) is 11.6 Å². The lowest BCUT2D eigenvalue weighted by molar-refractivity contribution is 0.397. The Balaban J connectivity index is 1.82. The van der Waals surface area contributed by atoms with Gasteiger partial charge in [-0.15, -0.1) is 0 Å². The first-order chi connectivity index (χ1) is 10.8. The van der Waals surface area contributed by atoms with Crippen molar-refractivity contribution in [2.45, 2.75) is 13.5 Å². The molecule has 0 fully saturated rings. The smallest absolute Gasteiger partial charge is 0.218 e. The third kappa shape index (κ3) is 2.90. The summed E-state index contributed by atoms with van der Waals surface area (Å²) < 4.78 is 7.17. The number of nitrogens with one attached hydrogen (secondary N) is 1. The van der Waals surface area contributed by atoms with Crippen molar-refractivity contribution >= 4 is 5.82 Å². The lowest BCUT2D eigenvalue weighted by atomic mass is 10.1. The van der Waals surface area contributed by atoms with Crippen LogP contribution in [0, 0.1) is 6.92 Å². The van der Waals surface area contributed by atoms with Gasteiger partial charge >= 0.3 is 0 Å². The number of nitrogens with zero attached hydrogens (tertiary/aromatic N) is 4. The van der Waals surface area contributed by atoms with Gasteiger partial charge in [-0.2, -0.15) is 0 Å². The van der Waals surface area contributed by atoms with Crippen molar-refractivity contribution in [2.75, 3.05) is 12.4 Å². The molecule has 2 heterocycles. The topological polar surface area (TPSA) is 64.9 Å². The van der Waals surface area contributed by atoms with E-state index in [2.05, 4.69) is 37.0 Å². The number of imidazole rings is 1. The summed E-state index contributed by atoms with van der Waals surface area (Å²) in [6.45, 7) is 2.63. The van der Waals surface area contributed by atoms with E-state index in [9.17, 15) is 0 Å². The van der Waals surface area contributed by atoms with E-state index in [0.717, 1.165) is 22.9 Å². The highest BCUT2D eigenvalue weighted by Crippen LogP contribution is 2.18. The Morgan fingerprint density at radius 2 is 2.05 bits per heavy atom. The summed E-state index contributed by atoms with van der Waals surface area (Å²) in [4.78, 5) is 12.5. The molecule has 0 spiro atoms. The molecule has 1 aromatic carbocycles. The fourth-order valence-electron chi connectivity index (χ4n) is 2.26. The third-order valence-corrected chi connectivity index (χ3v) is 3.39. The molecular weight excluding hydrogens is 278 g/mol. The molecule has 0 aliphatic heterocycles. The fourth-order valence-corrected chi connectivity index (χ4v) is 2.26. The molecule has 6 heteroatoms. The first-order valence-electron chi connectivity index (χ1n) is 6.96. The van der Waals surface area contributed by atoms with Crippen molar-refractivity contribution in [3.05, 3.63) is 60.4 Å². The molecule has 22 heavy (non-hydrogen) atoms. The summed E-state index contributed by atoms with van der Waals surface area (Å²) in [6.07, 6.45) is 5.24. The zero-order valence-electron chi connectivity index (χ0n) is 12.5. The Morgan fingerprint density at radius 1 is 1.18 bits per heavy atom. The van der Waals surface area contributed by atoms with Gasteiger partial charge in [-0.1, -0.05) is 18.2 Å². The molecule has 112 valence electrons. The van der Waals surface area contributed by atoms with E-state index >= 15 is 0 Å². The molecule has 6 nitrogen and oxygen atoms in total. The predicted molar refractivity (Wildman–Crippen MR) is 84.2 cm³/mol. The molecular formula is C16H17N5O. The average Bonchev–Trinajstić information content (AvgIpc) is 2.99. The second kappa shape index (κ2) is 6.26. The summed E-state index contributed by atoms with van der Waals surface area (Å²) in [6, 6.07) is 9.97. The van der Waals surface area contributed by atoms with Crippen LogP contribution in [-0.2, 0) is 6.54 Å². The minimum absolute atomic E-state index is 0.538. The molecule has 0 atom stereocenters. The number of anilines is 1. The van der Waals surface area contributed by atoms with E-state index < -0.39 is 0 Å². The van der Waals surface area contributed by atoms with Gasteiger partial charge in [0.25, 0.3) is 0 Å². The number of rotatable bonds is 5. The average molecular weight is 295 g/mol. The van der Waals surface area contributed by atoms with Crippen LogP contribution in [0.2, 0.25) is 0 Å². The van der Waals surface area contributed by atoms with Crippen LogP contribution in [-0.4, -0.2) is 26.6 Å². The standard InChI is InChI=1S/C16H17N5O/c1-12-17-7-8-21(12)14-6-4-3-5-13(14)10-18-15-9-16(22-2)20-11-19-15/h3-9,11H,10H2,1-2H3,(H,18,19,20). The zero-order chi connectivity index (χ0) is 15.4. The Hall–Kier alpha value is -2.89. The van der Waals surface area contributed by atoms with Gasteiger partial charge in [0, 0.05) is 25.0 Å². The summed E-state index contributed by atoms with van der Waals surface area (Å²) in [5, 5.41) is 3.29. The van der Waals surface area contributed by atoms with Crippen LogP contribution in [0.1, 0.15) is 11.4 Å². The molecule has 0 unspecified atom stereocenters. The minimum atomic E-state index is 0.538. The maximum absolute atomic E-state index is 5.10. The Morgan fingerprint density at radius 3 is 2.82 bits per heavy atom. The highest BCUT2D eigenvalue weighted by Gasteiger charge is 2.07. The first-order valence-corrected chi connectivity index (χ1v) is 6.96. The molecule has 0 aliphatic carbocycles. The third-order valence-electron chi connectivity index (χ3n) is 3.39. The second-order valence-corrected chi connectivity index (χ2v) is 4.77. The molecule has 0 aliphatic rings. The van der Waals surface area contributed by atoms with E-state index in [1.165, 1.54) is 6.33 Å². The van der Waals surface area contributed by atoms with Crippen molar-refractivity contribution in [2.24, 2.45) is 0 Å². The molecule has 1 N–H and O–H groups in total. The number of aryl methyl sites for hydroxylation is 1. The van der Waals surface area contributed by atoms with Gasteiger partial charge in [-0.05, 0) is 18.6 Å². The van der Waals surface area contributed by atoms with Gasteiger partial charge in [-0.3, -0.25) is 0 Å². The van der Waals surface area contributed by atoms with Crippen LogP contribution in [0.25, 0.3) is 5.69 Å². The van der Waals surface area contributed by atoms with Crippen LogP contribution in [0.15, 0.2) is 49.1 Å². The van der Waals surface area contributed by atoms with Gasteiger partial charge in [0.05, 0.1) is 12.8 Å². The highest BCUT2D eigenvalue weighted by molar-refractivity contribution is 5.45. The van der Waals surface area contributed by atoms with Crippen LogP contribution >= 0.6 is 0 Å². The van der Waals surface area contributed by atoms with Gasteiger partial charge in [0.15, 0.2) is 0 Å². The van der Waals surface area contributed by atoms with Gasteiger partial charge < -0.3 is 14.6 Å². The number of hydrogen-bond donors (Lipinski definition) is 1. The van der Waals surface area contributed by atoms with Crippen LogP contribution in [0.4, 0.5) is 5.82 Å². The van der Waals surface area contributed by atoms with Crippen molar-refractivity contribution in [1.82, 2.24) is 19.5 Å². The van der Waals surface area contributed by atoms with Crippen LogP contribution in [0.3, 0.4) is 0 Å². The molecule has 0 amide bonds. The minimum Gasteiger partial charge on any atom is -0.481 e. The van der Waals surface area contributed by atoms with E-state index in [-0.39, 0.29) is 0 Å². The fraction of sp³-hybridized carbons (Fsp3) is 0.188. The Kier molecular flexibility index (Phi) is 4.00. The number of aromatic nitrogens is 4. The quantitative estimate of drug-likeness (QED) is 0.783. The monoisotopic (exact) mass is 295 g/mol. The lowest BCUT2D eigenvalue weighted by Gasteiger charge is -2.13. The van der Waals surface area contributed by atoms with Gasteiger partial charge in [0.2, 0.25) is 5.88 Å². The molecule has 0 saturated heterocycles. The van der Waals surface area contributed by atoms with E-state index in [4.69, 9.17) is 4.74 Å². The summed E-state index contributed by atoms with van der Waals surface area (Å²) in [5.41, 5.74) is 2.26. The number of ether oxygens (including phenoxy) is 1. The lowest BCUT2D eigenvalue weighted by Crippen LogP contribution is -2.07. The SMILES string of the molecule is COc1cc(NCc2ccccc2-n2ccnc2C)ncn1. The van der Waals surface area contributed by atoms with E-state index in [0.29, 0.717) is 12.4 Å². The normalized spacial score (nSPS) is 10.5. The number of para-hydroxylation sites is 1. The Labute approximate surface area is 128 Å². The zero-order valence-corrected chi connectivity index (χ0v) is 12.5. The first kappa shape index (κ1) is 14.1. The number of benzene rings is 1. The highest BCUT2D eigenvalue weighted by atomic mass is 16.5. The maximum Gasteiger partial charge on any atom is 0.218 e. The van der Waals surface area contributed by atoms with Crippen molar-refractivity contribution in [1.29, 1.82) is 0 Å². The predicted octanol–water partition coefficient (Wildman–Crippen LogP) is 2.59. The molecule has 3 aromatic rings. The largest absolute Gasteiger partial charge is 0.481 e. The van der Waals surface area contributed by atoms with Crippen LogP contribution in [0.5, 0.6) is 5.88 Å². The number of hydrogen-bond acceptors (Lipinski definition) is 5. The molecule has 0 saturated carbocycles.